The van der Waals surface area contributed by atoms with Gasteiger partial charge in [0.1, 0.15) is 17.2 Å². The minimum Gasteiger partial charge on any atom is -0.497 e. The van der Waals surface area contributed by atoms with E-state index in [1.807, 2.05) is 37.3 Å². The highest BCUT2D eigenvalue weighted by Gasteiger charge is 2.39. The molecule has 6 rings (SSSR count). The number of benzene rings is 3. The molecule has 1 atom stereocenters. The Morgan fingerprint density at radius 2 is 1.81 bits per heavy atom. The highest BCUT2D eigenvalue weighted by Crippen LogP contribution is 2.48. The molecule has 178 valence electrons. The van der Waals surface area contributed by atoms with Gasteiger partial charge in [-0.15, -0.1) is 0 Å². The number of pyridine rings is 1. The Bertz CT molecular complexity index is 1660. The van der Waals surface area contributed by atoms with Gasteiger partial charge in [0, 0.05) is 17.0 Å². The normalized spacial score (nSPS) is 17.5. The third-order valence-electron chi connectivity index (χ3n) is 6.69. The number of para-hydroxylation sites is 1. The zero-order valence-electron chi connectivity index (χ0n) is 19.6. The van der Waals surface area contributed by atoms with Gasteiger partial charge in [-0.1, -0.05) is 30.3 Å². The molecule has 0 fully saturated rings. The minimum atomic E-state index is -0.627. The summed E-state index contributed by atoms with van der Waals surface area (Å²) < 4.78 is 16.8. The molecular formula is C29H21NO6. The standard InChI is InChI=1S/C29H21NO6/c1-15-4-3-5-17-13-21(29(33)30-26(15)17)20-14-24(31)35-22-11-10-19-27(32)23(36-28(19)25(20)22)12-16-6-8-18(34-2)9-7-16/h3-13,20H,14H2,1-2H3,(H,30,33)/b23-12-/t20-/m1/s1. The van der Waals surface area contributed by atoms with E-state index in [-0.39, 0.29) is 29.3 Å². The quantitative estimate of drug-likeness (QED) is 0.255. The molecule has 2 aliphatic rings. The van der Waals surface area contributed by atoms with Crippen molar-refractivity contribution < 1.29 is 23.8 Å². The minimum absolute atomic E-state index is 0.0427. The predicted octanol–water partition coefficient (Wildman–Crippen LogP) is 4.90. The smallest absolute Gasteiger partial charge is 0.312 e. The molecule has 0 bridgehead atoms. The van der Waals surface area contributed by atoms with Crippen molar-refractivity contribution in [3.05, 3.63) is 105 Å². The Hall–Kier alpha value is -4.65. The number of hydrogen-bond acceptors (Lipinski definition) is 6. The average Bonchev–Trinajstić information content (AvgIpc) is 3.19. The van der Waals surface area contributed by atoms with Crippen molar-refractivity contribution in [3.63, 3.8) is 0 Å². The monoisotopic (exact) mass is 479 g/mol. The van der Waals surface area contributed by atoms with Gasteiger partial charge in [0.05, 0.1) is 24.6 Å². The molecule has 7 nitrogen and oxygen atoms in total. The second kappa shape index (κ2) is 8.23. The van der Waals surface area contributed by atoms with E-state index in [2.05, 4.69) is 4.98 Å². The maximum Gasteiger partial charge on any atom is 0.312 e. The lowest BCUT2D eigenvalue weighted by Crippen LogP contribution is -2.26. The Morgan fingerprint density at radius 1 is 1.00 bits per heavy atom. The number of ether oxygens (including phenoxy) is 3. The number of aromatic nitrogens is 1. The number of aromatic amines is 1. The first-order valence-electron chi connectivity index (χ1n) is 11.5. The topological polar surface area (TPSA) is 94.7 Å². The largest absolute Gasteiger partial charge is 0.497 e. The highest BCUT2D eigenvalue weighted by atomic mass is 16.5. The van der Waals surface area contributed by atoms with E-state index >= 15 is 0 Å². The molecule has 36 heavy (non-hydrogen) atoms. The summed E-state index contributed by atoms with van der Waals surface area (Å²) in [4.78, 5) is 41.8. The van der Waals surface area contributed by atoms with Crippen LogP contribution in [0.2, 0.25) is 0 Å². The number of aryl methyl sites for hydroxylation is 1. The highest BCUT2D eigenvalue weighted by molar-refractivity contribution is 6.15. The van der Waals surface area contributed by atoms with E-state index in [1.54, 1.807) is 43.5 Å². The third kappa shape index (κ3) is 3.48. The number of Topliss-reactive ketones (excluding diaryl/α,β-unsaturated/α-hetero) is 1. The number of carbonyl (C=O) groups is 2. The van der Waals surface area contributed by atoms with Gasteiger partial charge in [-0.2, -0.15) is 0 Å². The first-order chi connectivity index (χ1) is 17.4. The molecule has 3 aromatic carbocycles. The van der Waals surface area contributed by atoms with Crippen LogP contribution in [-0.2, 0) is 4.79 Å². The number of H-pyrrole nitrogens is 1. The van der Waals surface area contributed by atoms with Crippen LogP contribution in [0.5, 0.6) is 17.2 Å². The van der Waals surface area contributed by atoms with Crippen LogP contribution in [0.4, 0.5) is 0 Å². The summed E-state index contributed by atoms with van der Waals surface area (Å²) in [6.45, 7) is 1.92. The van der Waals surface area contributed by atoms with Crippen LogP contribution < -0.4 is 19.8 Å². The van der Waals surface area contributed by atoms with Gasteiger partial charge in [-0.05, 0) is 59.8 Å². The van der Waals surface area contributed by atoms with Crippen molar-refractivity contribution in [3.8, 4) is 17.2 Å². The molecule has 7 heteroatoms. The van der Waals surface area contributed by atoms with Crippen molar-refractivity contribution in [2.75, 3.05) is 7.11 Å². The van der Waals surface area contributed by atoms with Gasteiger partial charge < -0.3 is 19.2 Å². The maximum atomic E-state index is 13.2. The zero-order chi connectivity index (χ0) is 25.0. The number of methoxy groups -OCH3 is 1. The van der Waals surface area contributed by atoms with E-state index in [9.17, 15) is 14.4 Å². The van der Waals surface area contributed by atoms with Crippen molar-refractivity contribution in [2.45, 2.75) is 19.3 Å². The van der Waals surface area contributed by atoms with Gasteiger partial charge in [0.2, 0.25) is 5.78 Å². The number of esters is 1. The summed E-state index contributed by atoms with van der Waals surface area (Å²) in [7, 11) is 1.59. The maximum absolute atomic E-state index is 13.2. The molecule has 2 aliphatic heterocycles. The summed E-state index contributed by atoms with van der Waals surface area (Å²) in [6.07, 6.45) is 1.61. The van der Waals surface area contributed by atoms with Gasteiger partial charge >= 0.3 is 5.97 Å². The Balaban J connectivity index is 1.48. The van der Waals surface area contributed by atoms with E-state index < -0.39 is 11.9 Å². The molecule has 1 aromatic heterocycles. The molecule has 0 spiro atoms. The van der Waals surface area contributed by atoms with Crippen LogP contribution in [0.1, 0.15) is 45.0 Å². The number of nitrogens with one attached hydrogen (secondary N) is 1. The van der Waals surface area contributed by atoms with Crippen LogP contribution in [0.3, 0.4) is 0 Å². The fourth-order valence-electron chi connectivity index (χ4n) is 4.88. The summed E-state index contributed by atoms with van der Waals surface area (Å²) in [5.74, 6) is 0.112. The van der Waals surface area contributed by atoms with Crippen molar-refractivity contribution in [2.24, 2.45) is 0 Å². The molecule has 4 aromatic rings. The lowest BCUT2D eigenvalue weighted by Gasteiger charge is -2.26. The summed E-state index contributed by atoms with van der Waals surface area (Å²) in [5, 5.41) is 0.856. The van der Waals surface area contributed by atoms with Gasteiger partial charge in [-0.3, -0.25) is 14.4 Å². The molecule has 0 saturated carbocycles. The van der Waals surface area contributed by atoms with Crippen molar-refractivity contribution in [1.29, 1.82) is 0 Å². The Labute approximate surface area is 205 Å². The second-order valence-electron chi connectivity index (χ2n) is 8.89. The third-order valence-corrected chi connectivity index (χ3v) is 6.69. The van der Waals surface area contributed by atoms with Crippen LogP contribution in [0.25, 0.3) is 17.0 Å². The van der Waals surface area contributed by atoms with E-state index in [4.69, 9.17) is 14.2 Å². The van der Waals surface area contributed by atoms with Crippen molar-refractivity contribution in [1.82, 2.24) is 4.98 Å². The molecule has 3 heterocycles. The fourth-order valence-corrected chi connectivity index (χ4v) is 4.88. The fraction of sp³-hybridized carbons (Fsp3) is 0.138. The van der Waals surface area contributed by atoms with Gasteiger partial charge in [0.25, 0.3) is 5.56 Å². The lowest BCUT2D eigenvalue weighted by molar-refractivity contribution is -0.135. The molecule has 0 saturated heterocycles. The van der Waals surface area contributed by atoms with Crippen LogP contribution in [0.15, 0.2) is 71.2 Å². The molecular weight excluding hydrogens is 458 g/mol. The number of allylic oxidation sites excluding steroid dienone is 1. The Morgan fingerprint density at radius 3 is 2.58 bits per heavy atom. The average molecular weight is 479 g/mol. The van der Waals surface area contributed by atoms with E-state index in [0.717, 1.165) is 22.0 Å². The summed E-state index contributed by atoms with van der Waals surface area (Å²) in [5.41, 5.74) is 3.48. The van der Waals surface area contributed by atoms with Crippen molar-refractivity contribution >= 4 is 28.7 Å². The number of carbonyl (C=O) groups excluding carboxylic acids is 2. The zero-order valence-corrected chi connectivity index (χ0v) is 19.6. The molecule has 1 N–H and O–H groups in total. The first kappa shape index (κ1) is 21.9. The molecule has 0 aliphatic carbocycles. The lowest BCUT2D eigenvalue weighted by atomic mass is 9.84. The predicted molar refractivity (Wildman–Crippen MR) is 134 cm³/mol. The van der Waals surface area contributed by atoms with Gasteiger partial charge in [-0.25, -0.2) is 0 Å². The summed E-state index contributed by atoms with van der Waals surface area (Å²) in [6, 6.07) is 18.0. The van der Waals surface area contributed by atoms with E-state index in [1.165, 1.54) is 0 Å². The van der Waals surface area contributed by atoms with Crippen LogP contribution in [-0.4, -0.2) is 23.8 Å². The van der Waals surface area contributed by atoms with Gasteiger partial charge in [0.15, 0.2) is 5.76 Å². The number of rotatable bonds is 3. The van der Waals surface area contributed by atoms with Crippen LogP contribution in [0, 0.1) is 6.92 Å². The number of ketones is 1. The molecule has 0 radical (unpaired) electrons. The number of fused-ring (bicyclic) bond motifs is 4. The second-order valence-corrected chi connectivity index (χ2v) is 8.89. The molecule has 0 unspecified atom stereocenters. The van der Waals surface area contributed by atoms with E-state index in [0.29, 0.717) is 28.2 Å². The first-order valence-corrected chi connectivity index (χ1v) is 11.5. The molecule has 0 amide bonds. The summed E-state index contributed by atoms with van der Waals surface area (Å²) >= 11 is 0. The SMILES string of the molecule is COc1ccc(/C=C2\Oc3c(ccc4c3[C@@H](c3cc5cccc(C)c5[nH]c3=O)CC(=O)O4)C2=O)cc1. The number of hydrogen-bond donors (Lipinski definition) is 1. The van der Waals surface area contributed by atoms with Crippen LogP contribution >= 0.6 is 0 Å². The Kier molecular flexibility index (Phi) is 5.00.